The van der Waals surface area contributed by atoms with Gasteiger partial charge in [-0.15, -0.1) is 0 Å². The molecule has 0 aliphatic heterocycles. The fourth-order valence-corrected chi connectivity index (χ4v) is 1.60. The van der Waals surface area contributed by atoms with Crippen molar-refractivity contribution in [2.45, 2.75) is 20.8 Å². The molecular weight excluding hydrogens is 214 g/mol. The Hall–Kier alpha value is -1.90. The molecule has 0 bridgehead atoms. The summed E-state index contributed by atoms with van der Waals surface area (Å²) in [6.07, 6.45) is 0. The van der Waals surface area contributed by atoms with E-state index in [9.17, 15) is 4.79 Å². The normalized spacial score (nSPS) is 10.8. The van der Waals surface area contributed by atoms with E-state index < -0.39 is 0 Å². The van der Waals surface area contributed by atoms with Crippen LogP contribution < -0.4 is 0 Å². The van der Waals surface area contributed by atoms with Gasteiger partial charge in [0.15, 0.2) is 5.78 Å². The van der Waals surface area contributed by atoms with Crippen molar-refractivity contribution in [3.05, 3.63) is 41.8 Å². The van der Waals surface area contributed by atoms with E-state index in [1.807, 2.05) is 44.2 Å². The monoisotopic (exact) mass is 229 g/mol. The van der Waals surface area contributed by atoms with Crippen molar-refractivity contribution >= 4 is 5.78 Å². The van der Waals surface area contributed by atoms with E-state index in [0.717, 1.165) is 5.56 Å². The molecule has 0 saturated carbocycles. The number of carbonyl (C=O) groups excluding carboxylic acids is 1. The molecule has 0 amide bonds. The molecule has 0 aliphatic carbocycles. The quantitative estimate of drug-likeness (QED) is 0.756. The Labute approximate surface area is 100 Å². The number of rotatable bonds is 3. The first kappa shape index (κ1) is 11.6. The van der Waals surface area contributed by atoms with Crippen LogP contribution in [-0.2, 0) is 0 Å². The third-order valence-corrected chi connectivity index (χ3v) is 2.58. The van der Waals surface area contributed by atoms with Gasteiger partial charge in [-0.3, -0.25) is 4.79 Å². The molecule has 3 nitrogen and oxygen atoms in total. The number of nitrogens with zero attached hydrogens (tertiary/aromatic N) is 1. The van der Waals surface area contributed by atoms with Crippen LogP contribution >= 0.6 is 0 Å². The Bertz CT molecular complexity index is 526. The van der Waals surface area contributed by atoms with Crippen molar-refractivity contribution in [1.82, 2.24) is 4.98 Å². The van der Waals surface area contributed by atoms with Crippen LogP contribution in [0.25, 0.3) is 11.5 Å². The van der Waals surface area contributed by atoms with Crippen LogP contribution in [0, 0.1) is 12.8 Å². The zero-order valence-electron chi connectivity index (χ0n) is 10.2. The molecule has 1 aromatic carbocycles. The molecule has 2 aromatic rings. The van der Waals surface area contributed by atoms with Gasteiger partial charge in [-0.2, -0.15) is 0 Å². The zero-order valence-corrected chi connectivity index (χ0v) is 10.2. The summed E-state index contributed by atoms with van der Waals surface area (Å²) in [5, 5.41) is 0. The number of benzene rings is 1. The first-order valence-corrected chi connectivity index (χ1v) is 5.66. The summed E-state index contributed by atoms with van der Waals surface area (Å²) in [4.78, 5) is 16.2. The number of oxazole rings is 1. The third-order valence-electron chi connectivity index (χ3n) is 2.58. The molecule has 0 N–H and O–H groups in total. The van der Waals surface area contributed by atoms with Crippen LogP contribution in [0.15, 0.2) is 34.7 Å². The number of aryl methyl sites for hydroxylation is 1. The van der Waals surface area contributed by atoms with Crippen molar-refractivity contribution < 1.29 is 9.21 Å². The van der Waals surface area contributed by atoms with Crippen LogP contribution in [0.4, 0.5) is 0 Å². The smallest absolute Gasteiger partial charge is 0.226 e. The molecule has 1 aromatic heterocycles. The predicted molar refractivity (Wildman–Crippen MR) is 65.8 cm³/mol. The van der Waals surface area contributed by atoms with Crippen molar-refractivity contribution in [3.8, 4) is 11.5 Å². The first-order chi connectivity index (χ1) is 8.09. The van der Waals surface area contributed by atoms with Crippen molar-refractivity contribution in [3.63, 3.8) is 0 Å². The Kier molecular flexibility index (Phi) is 3.09. The molecule has 0 atom stereocenters. The number of hydrogen-bond donors (Lipinski definition) is 0. The Morgan fingerprint density at radius 3 is 2.47 bits per heavy atom. The van der Waals surface area contributed by atoms with Gasteiger partial charge in [0.25, 0.3) is 0 Å². The molecule has 88 valence electrons. The fraction of sp³-hybridized carbons (Fsp3) is 0.286. The van der Waals surface area contributed by atoms with Gasteiger partial charge in [-0.05, 0) is 19.1 Å². The summed E-state index contributed by atoms with van der Waals surface area (Å²) in [5.74, 6) is 1.05. The summed E-state index contributed by atoms with van der Waals surface area (Å²) in [6, 6.07) is 9.58. The topological polar surface area (TPSA) is 43.1 Å². The van der Waals surface area contributed by atoms with E-state index in [-0.39, 0.29) is 11.7 Å². The summed E-state index contributed by atoms with van der Waals surface area (Å²) >= 11 is 0. The molecular formula is C14H15NO2. The number of carbonyl (C=O) groups is 1. The highest BCUT2D eigenvalue weighted by molar-refractivity contribution is 5.96. The van der Waals surface area contributed by atoms with Crippen molar-refractivity contribution in [1.29, 1.82) is 0 Å². The Morgan fingerprint density at radius 2 is 1.88 bits per heavy atom. The van der Waals surface area contributed by atoms with Gasteiger partial charge >= 0.3 is 0 Å². The van der Waals surface area contributed by atoms with Gasteiger partial charge in [0.1, 0.15) is 11.5 Å². The van der Waals surface area contributed by atoms with Gasteiger partial charge in [-0.1, -0.05) is 32.0 Å². The molecule has 2 rings (SSSR count). The van der Waals surface area contributed by atoms with Crippen molar-refractivity contribution in [2.24, 2.45) is 5.92 Å². The second-order valence-corrected chi connectivity index (χ2v) is 4.31. The van der Waals surface area contributed by atoms with Gasteiger partial charge in [0.2, 0.25) is 5.89 Å². The van der Waals surface area contributed by atoms with E-state index in [1.54, 1.807) is 6.92 Å². The number of hydrogen-bond acceptors (Lipinski definition) is 3. The fourth-order valence-electron chi connectivity index (χ4n) is 1.60. The molecule has 0 spiro atoms. The number of ketones is 1. The van der Waals surface area contributed by atoms with E-state index >= 15 is 0 Å². The number of Topliss-reactive ketones (excluding diaryl/α,β-unsaturated/α-hetero) is 1. The average molecular weight is 229 g/mol. The molecule has 0 unspecified atom stereocenters. The minimum atomic E-state index is -0.0672. The number of aromatic nitrogens is 1. The average Bonchev–Trinajstić information content (AvgIpc) is 2.71. The Morgan fingerprint density at radius 1 is 1.24 bits per heavy atom. The second-order valence-electron chi connectivity index (χ2n) is 4.31. The van der Waals surface area contributed by atoms with Crippen LogP contribution in [0.1, 0.15) is 30.1 Å². The molecule has 0 fully saturated rings. The SMILES string of the molecule is Cc1oc(-c2ccccc2)nc1C(=O)C(C)C. The lowest BCUT2D eigenvalue weighted by atomic mass is 10.1. The third kappa shape index (κ3) is 2.28. The lowest BCUT2D eigenvalue weighted by molar-refractivity contribution is 0.0933. The van der Waals surface area contributed by atoms with Crippen LogP contribution in [0.2, 0.25) is 0 Å². The minimum absolute atomic E-state index is 0.0217. The van der Waals surface area contributed by atoms with Crippen LogP contribution in [0.5, 0.6) is 0 Å². The van der Waals surface area contributed by atoms with Gasteiger partial charge in [0, 0.05) is 11.5 Å². The van der Waals surface area contributed by atoms with E-state index in [2.05, 4.69) is 4.98 Å². The highest BCUT2D eigenvalue weighted by atomic mass is 16.4. The summed E-state index contributed by atoms with van der Waals surface area (Å²) in [5.41, 5.74) is 1.33. The molecule has 17 heavy (non-hydrogen) atoms. The van der Waals surface area contributed by atoms with Crippen LogP contribution in [0.3, 0.4) is 0 Å². The highest BCUT2D eigenvalue weighted by Crippen LogP contribution is 2.22. The first-order valence-electron chi connectivity index (χ1n) is 5.66. The maximum atomic E-state index is 11.9. The van der Waals surface area contributed by atoms with Crippen molar-refractivity contribution in [2.75, 3.05) is 0 Å². The molecule has 0 saturated heterocycles. The van der Waals surface area contributed by atoms with Crippen LogP contribution in [-0.4, -0.2) is 10.8 Å². The zero-order chi connectivity index (χ0) is 12.4. The van der Waals surface area contributed by atoms with E-state index in [0.29, 0.717) is 17.3 Å². The second kappa shape index (κ2) is 4.53. The summed E-state index contributed by atoms with van der Waals surface area (Å²) in [6.45, 7) is 5.49. The van der Waals surface area contributed by atoms with Gasteiger partial charge in [-0.25, -0.2) is 4.98 Å². The summed E-state index contributed by atoms with van der Waals surface area (Å²) in [7, 11) is 0. The maximum absolute atomic E-state index is 11.9. The van der Waals surface area contributed by atoms with E-state index in [1.165, 1.54) is 0 Å². The van der Waals surface area contributed by atoms with Gasteiger partial charge < -0.3 is 4.42 Å². The standard InChI is InChI=1S/C14H15NO2/c1-9(2)13(16)12-10(3)17-14(15-12)11-7-5-4-6-8-11/h4-9H,1-3H3. The minimum Gasteiger partial charge on any atom is -0.441 e. The maximum Gasteiger partial charge on any atom is 0.226 e. The predicted octanol–water partition coefficient (Wildman–Crippen LogP) is 3.49. The highest BCUT2D eigenvalue weighted by Gasteiger charge is 2.20. The molecule has 0 radical (unpaired) electrons. The molecule has 3 heteroatoms. The lowest BCUT2D eigenvalue weighted by Gasteiger charge is -1.99. The Balaban J connectivity index is 2.41. The van der Waals surface area contributed by atoms with E-state index in [4.69, 9.17) is 4.42 Å². The van der Waals surface area contributed by atoms with Gasteiger partial charge in [0.05, 0.1) is 0 Å². The largest absolute Gasteiger partial charge is 0.441 e. The lowest BCUT2D eigenvalue weighted by Crippen LogP contribution is -2.09. The molecule has 1 heterocycles. The molecule has 0 aliphatic rings. The summed E-state index contributed by atoms with van der Waals surface area (Å²) < 4.78 is 5.54.